The zero-order chi connectivity index (χ0) is 15.9. The number of hydrogen-bond donors (Lipinski definition) is 1. The monoisotopic (exact) mass is 331 g/mol. The third kappa shape index (κ3) is 5.20. The Kier molecular flexibility index (Phi) is 5.86. The molecule has 1 N–H and O–H groups in total. The number of aromatic nitrogens is 1. The van der Waals surface area contributed by atoms with E-state index in [0.717, 1.165) is 44.9 Å². The van der Waals surface area contributed by atoms with Crippen LogP contribution in [0.3, 0.4) is 0 Å². The zero-order valence-corrected chi connectivity index (χ0v) is 13.9. The van der Waals surface area contributed by atoms with E-state index in [4.69, 9.17) is 16.3 Å². The summed E-state index contributed by atoms with van der Waals surface area (Å²) in [7, 11) is 0. The lowest BCUT2D eigenvalue weighted by molar-refractivity contribution is 0.233. The fourth-order valence-corrected chi connectivity index (χ4v) is 2.78. The summed E-state index contributed by atoms with van der Waals surface area (Å²) in [4.78, 5) is 6.49. The van der Waals surface area contributed by atoms with Gasteiger partial charge in [-0.1, -0.05) is 35.9 Å². The number of pyridine rings is 1. The summed E-state index contributed by atoms with van der Waals surface area (Å²) in [5.74, 6) is 0.754. The highest BCUT2D eigenvalue weighted by Gasteiger charge is 2.09. The van der Waals surface area contributed by atoms with Crippen LogP contribution in [0, 0.1) is 0 Å². The minimum Gasteiger partial charge on any atom is -0.492 e. The lowest BCUT2D eigenvalue weighted by Crippen LogP contribution is -2.42. The largest absolute Gasteiger partial charge is 0.492 e. The Morgan fingerprint density at radius 3 is 2.48 bits per heavy atom. The molecule has 122 valence electrons. The Morgan fingerprint density at radius 1 is 1.04 bits per heavy atom. The van der Waals surface area contributed by atoms with Crippen LogP contribution in [-0.2, 0) is 13.0 Å². The average molecular weight is 332 g/mol. The normalized spacial score (nSPS) is 15.5. The van der Waals surface area contributed by atoms with E-state index >= 15 is 0 Å². The maximum atomic E-state index is 5.75. The molecule has 5 heteroatoms. The number of nitrogens with zero attached hydrogens (tertiary/aromatic N) is 2. The van der Waals surface area contributed by atoms with E-state index in [1.54, 1.807) is 12.3 Å². The third-order valence-electron chi connectivity index (χ3n) is 4.00. The van der Waals surface area contributed by atoms with Crippen LogP contribution in [0.2, 0.25) is 5.15 Å². The van der Waals surface area contributed by atoms with Crippen molar-refractivity contribution in [3.8, 4) is 5.75 Å². The molecule has 1 aromatic heterocycles. The SMILES string of the molecule is Clc1ccc(OCCc2ccc(CN3CCNCC3)cc2)cn1. The number of ether oxygens (including phenoxy) is 1. The van der Waals surface area contributed by atoms with Gasteiger partial charge in [-0.15, -0.1) is 0 Å². The molecule has 3 rings (SSSR count). The molecule has 1 saturated heterocycles. The van der Waals surface area contributed by atoms with Gasteiger partial charge in [0.25, 0.3) is 0 Å². The van der Waals surface area contributed by atoms with Crippen LogP contribution in [0.25, 0.3) is 0 Å². The van der Waals surface area contributed by atoms with E-state index in [1.807, 2.05) is 6.07 Å². The smallest absolute Gasteiger partial charge is 0.137 e. The predicted octanol–water partition coefficient (Wildman–Crippen LogP) is 2.76. The molecule has 1 aliphatic heterocycles. The van der Waals surface area contributed by atoms with Crippen molar-refractivity contribution in [3.05, 3.63) is 58.9 Å². The quantitative estimate of drug-likeness (QED) is 0.826. The number of piperazine rings is 1. The summed E-state index contributed by atoms with van der Waals surface area (Å²) in [6, 6.07) is 12.4. The van der Waals surface area contributed by atoms with E-state index in [2.05, 4.69) is 39.5 Å². The van der Waals surface area contributed by atoms with Crippen LogP contribution in [-0.4, -0.2) is 42.7 Å². The standard InChI is InChI=1S/C18H22ClN3O/c19-18-6-5-17(13-21-18)23-12-7-15-1-3-16(4-2-15)14-22-10-8-20-9-11-22/h1-6,13,20H,7-12,14H2. The van der Waals surface area contributed by atoms with E-state index in [9.17, 15) is 0 Å². The Balaban J connectivity index is 1.44. The minimum absolute atomic E-state index is 0.484. The number of benzene rings is 1. The molecule has 23 heavy (non-hydrogen) atoms. The Morgan fingerprint density at radius 2 is 1.78 bits per heavy atom. The first-order valence-corrected chi connectivity index (χ1v) is 8.43. The molecule has 0 saturated carbocycles. The summed E-state index contributed by atoms with van der Waals surface area (Å²) < 4.78 is 5.68. The first kappa shape index (κ1) is 16.2. The van der Waals surface area contributed by atoms with Crippen molar-refractivity contribution < 1.29 is 4.74 Å². The molecular formula is C18H22ClN3O. The Labute approximate surface area is 142 Å². The van der Waals surface area contributed by atoms with Gasteiger partial charge in [0.15, 0.2) is 0 Å². The molecule has 2 aromatic rings. The second kappa shape index (κ2) is 8.29. The van der Waals surface area contributed by atoms with Gasteiger partial charge in [0.1, 0.15) is 10.9 Å². The van der Waals surface area contributed by atoms with Gasteiger partial charge in [0.05, 0.1) is 12.8 Å². The van der Waals surface area contributed by atoms with Crippen molar-refractivity contribution in [1.82, 2.24) is 15.2 Å². The topological polar surface area (TPSA) is 37.4 Å². The molecule has 1 aliphatic rings. The number of halogens is 1. The van der Waals surface area contributed by atoms with Gasteiger partial charge in [-0.25, -0.2) is 4.98 Å². The molecule has 0 unspecified atom stereocenters. The molecule has 0 aliphatic carbocycles. The van der Waals surface area contributed by atoms with Gasteiger partial charge in [-0.3, -0.25) is 4.90 Å². The second-order valence-electron chi connectivity index (χ2n) is 5.76. The van der Waals surface area contributed by atoms with Crippen molar-refractivity contribution in [2.24, 2.45) is 0 Å². The molecule has 1 aromatic carbocycles. The molecule has 2 heterocycles. The van der Waals surface area contributed by atoms with Gasteiger partial charge in [-0.05, 0) is 23.3 Å². The highest BCUT2D eigenvalue weighted by Crippen LogP contribution is 2.13. The maximum Gasteiger partial charge on any atom is 0.137 e. The van der Waals surface area contributed by atoms with E-state index in [1.165, 1.54) is 11.1 Å². The molecule has 0 bridgehead atoms. The van der Waals surface area contributed by atoms with Gasteiger partial charge >= 0.3 is 0 Å². The van der Waals surface area contributed by atoms with Crippen LogP contribution >= 0.6 is 11.6 Å². The average Bonchev–Trinajstić information content (AvgIpc) is 2.59. The van der Waals surface area contributed by atoms with Crippen LogP contribution in [0.5, 0.6) is 5.75 Å². The number of hydrogen-bond acceptors (Lipinski definition) is 4. The second-order valence-corrected chi connectivity index (χ2v) is 6.14. The number of rotatable bonds is 6. The molecule has 0 atom stereocenters. The Bertz CT molecular complexity index is 595. The predicted molar refractivity (Wildman–Crippen MR) is 93.0 cm³/mol. The van der Waals surface area contributed by atoms with Crippen molar-refractivity contribution >= 4 is 11.6 Å². The summed E-state index contributed by atoms with van der Waals surface area (Å²) in [6.45, 7) is 6.12. The Hall–Kier alpha value is -1.62. The molecule has 4 nitrogen and oxygen atoms in total. The fraction of sp³-hybridized carbons (Fsp3) is 0.389. The summed E-state index contributed by atoms with van der Waals surface area (Å²) >= 11 is 5.75. The third-order valence-corrected chi connectivity index (χ3v) is 4.22. The van der Waals surface area contributed by atoms with Gasteiger partial charge in [0.2, 0.25) is 0 Å². The first-order chi connectivity index (χ1) is 11.3. The highest BCUT2D eigenvalue weighted by atomic mass is 35.5. The van der Waals surface area contributed by atoms with Gasteiger partial charge in [0, 0.05) is 39.1 Å². The molecule has 0 amide bonds. The van der Waals surface area contributed by atoms with E-state index in [-0.39, 0.29) is 0 Å². The van der Waals surface area contributed by atoms with Crippen molar-refractivity contribution in [3.63, 3.8) is 0 Å². The zero-order valence-electron chi connectivity index (χ0n) is 13.2. The molecular weight excluding hydrogens is 310 g/mol. The summed E-state index contributed by atoms with van der Waals surface area (Å²) in [6.07, 6.45) is 2.54. The maximum absolute atomic E-state index is 5.75. The van der Waals surface area contributed by atoms with Crippen LogP contribution in [0.4, 0.5) is 0 Å². The molecule has 1 fully saturated rings. The molecule has 0 spiro atoms. The van der Waals surface area contributed by atoms with Gasteiger partial charge in [-0.2, -0.15) is 0 Å². The number of nitrogens with one attached hydrogen (secondary N) is 1. The van der Waals surface area contributed by atoms with Crippen molar-refractivity contribution in [1.29, 1.82) is 0 Å². The van der Waals surface area contributed by atoms with E-state index in [0.29, 0.717) is 11.8 Å². The van der Waals surface area contributed by atoms with E-state index < -0.39 is 0 Å². The molecule has 0 radical (unpaired) electrons. The lowest BCUT2D eigenvalue weighted by atomic mass is 10.1. The summed E-state index contributed by atoms with van der Waals surface area (Å²) in [5, 5.41) is 3.87. The lowest BCUT2D eigenvalue weighted by Gasteiger charge is -2.27. The van der Waals surface area contributed by atoms with Crippen LogP contribution < -0.4 is 10.1 Å². The van der Waals surface area contributed by atoms with Crippen LogP contribution in [0.15, 0.2) is 42.6 Å². The van der Waals surface area contributed by atoms with Crippen molar-refractivity contribution in [2.75, 3.05) is 32.8 Å². The highest BCUT2D eigenvalue weighted by molar-refractivity contribution is 6.29. The fourth-order valence-electron chi connectivity index (χ4n) is 2.67. The van der Waals surface area contributed by atoms with Crippen LogP contribution in [0.1, 0.15) is 11.1 Å². The first-order valence-electron chi connectivity index (χ1n) is 8.05. The summed E-state index contributed by atoms with van der Waals surface area (Å²) in [5.41, 5.74) is 2.66. The van der Waals surface area contributed by atoms with Crippen molar-refractivity contribution in [2.45, 2.75) is 13.0 Å². The van der Waals surface area contributed by atoms with Gasteiger partial charge < -0.3 is 10.1 Å². The minimum atomic E-state index is 0.484.